The van der Waals surface area contributed by atoms with Gasteiger partial charge < -0.3 is 10.5 Å². The Labute approximate surface area is 90.2 Å². The Kier molecular flexibility index (Phi) is 3.03. The van der Waals surface area contributed by atoms with Crippen LogP contribution in [0.2, 0.25) is 0 Å². The number of ether oxygens (including phenoxy) is 1. The van der Waals surface area contributed by atoms with Crippen molar-refractivity contribution in [1.82, 2.24) is 0 Å². The van der Waals surface area contributed by atoms with Crippen LogP contribution in [0.5, 0.6) is 5.75 Å². The number of methoxy groups -OCH3 is 1. The van der Waals surface area contributed by atoms with Crippen molar-refractivity contribution in [3.63, 3.8) is 0 Å². The quantitative estimate of drug-likeness (QED) is 0.807. The average Bonchev–Trinajstić information content (AvgIpc) is 2.15. The van der Waals surface area contributed by atoms with Crippen molar-refractivity contribution in [1.29, 1.82) is 0 Å². The van der Waals surface area contributed by atoms with Crippen LogP contribution in [0.15, 0.2) is 18.2 Å². The lowest BCUT2D eigenvalue weighted by Gasteiger charge is -2.20. The Balaban J connectivity index is 3.28. The lowest BCUT2D eigenvalue weighted by molar-refractivity contribution is 0.0997. The molecule has 0 heterocycles. The van der Waals surface area contributed by atoms with E-state index < -0.39 is 5.91 Å². The molecule has 0 aliphatic carbocycles. The van der Waals surface area contributed by atoms with Gasteiger partial charge in [0, 0.05) is 0 Å². The van der Waals surface area contributed by atoms with Gasteiger partial charge in [0.25, 0.3) is 5.91 Å². The van der Waals surface area contributed by atoms with E-state index >= 15 is 0 Å². The second-order valence-electron chi connectivity index (χ2n) is 4.53. The molecule has 1 rings (SSSR count). The van der Waals surface area contributed by atoms with Crippen LogP contribution >= 0.6 is 0 Å². The summed E-state index contributed by atoms with van der Waals surface area (Å²) in [5.41, 5.74) is 6.78. The fourth-order valence-corrected chi connectivity index (χ4v) is 1.37. The van der Waals surface area contributed by atoms with Crippen LogP contribution in [0.25, 0.3) is 0 Å². The van der Waals surface area contributed by atoms with Gasteiger partial charge in [-0.15, -0.1) is 0 Å². The number of carbonyl (C=O) groups is 1. The number of primary amides is 1. The smallest absolute Gasteiger partial charge is 0.252 e. The zero-order valence-electron chi connectivity index (χ0n) is 9.63. The Morgan fingerprint density at radius 3 is 2.33 bits per heavy atom. The number of amides is 1. The molecule has 82 valence electrons. The lowest BCUT2D eigenvalue weighted by Crippen LogP contribution is -2.16. The molecule has 0 saturated carbocycles. The normalized spacial score (nSPS) is 11.2. The third-order valence-corrected chi connectivity index (χ3v) is 2.33. The maximum atomic E-state index is 11.2. The van der Waals surface area contributed by atoms with Gasteiger partial charge in [0.15, 0.2) is 0 Å². The van der Waals surface area contributed by atoms with E-state index in [4.69, 9.17) is 10.5 Å². The summed E-state index contributed by atoms with van der Waals surface area (Å²) in [6.45, 7) is 6.25. The SMILES string of the molecule is COc1ccc(C(C)(C)C)cc1C(N)=O. The monoisotopic (exact) mass is 207 g/mol. The molecule has 1 aromatic rings. The van der Waals surface area contributed by atoms with Crippen molar-refractivity contribution in [3.05, 3.63) is 29.3 Å². The molecule has 1 amide bonds. The van der Waals surface area contributed by atoms with Gasteiger partial charge in [0.1, 0.15) is 5.75 Å². The van der Waals surface area contributed by atoms with E-state index in [0.29, 0.717) is 11.3 Å². The molecule has 0 saturated heterocycles. The number of rotatable bonds is 2. The maximum absolute atomic E-state index is 11.2. The third kappa shape index (κ3) is 2.49. The molecule has 0 atom stereocenters. The average molecular weight is 207 g/mol. The molecule has 0 radical (unpaired) electrons. The van der Waals surface area contributed by atoms with E-state index in [2.05, 4.69) is 20.8 Å². The van der Waals surface area contributed by atoms with Gasteiger partial charge in [0.05, 0.1) is 12.7 Å². The molecule has 0 fully saturated rings. The second kappa shape index (κ2) is 3.93. The molecule has 0 bridgehead atoms. The van der Waals surface area contributed by atoms with Crippen molar-refractivity contribution in [2.75, 3.05) is 7.11 Å². The molecular weight excluding hydrogens is 190 g/mol. The van der Waals surface area contributed by atoms with E-state index in [1.807, 2.05) is 6.07 Å². The Bertz CT molecular complexity index is 378. The maximum Gasteiger partial charge on any atom is 0.252 e. The first-order valence-electron chi connectivity index (χ1n) is 4.84. The molecule has 2 N–H and O–H groups in total. The van der Waals surface area contributed by atoms with Gasteiger partial charge in [-0.05, 0) is 23.1 Å². The Morgan fingerprint density at radius 1 is 1.33 bits per heavy atom. The first kappa shape index (κ1) is 11.6. The molecule has 0 aliphatic heterocycles. The third-order valence-electron chi connectivity index (χ3n) is 2.33. The molecule has 1 aromatic carbocycles. The highest BCUT2D eigenvalue weighted by Crippen LogP contribution is 2.27. The molecule has 0 unspecified atom stereocenters. The van der Waals surface area contributed by atoms with Crippen LogP contribution in [0.3, 0.4) is 0 Å². The highest BCUT2D eigenvalue weighted by atomic mass is 16.5. The minimum Gasteiger partial charge on any atom is -0.496 e. The van der Waals surface area contributed by atoms with Crippen molar-refractivity contribution in [2.45, 2.75) is 26.2 Å². The van der Waals surface area contributed by atoms with Crippen molar-refractivity contribution in [2.24, 2.45) is 5.73 Å². The fourth-order valence-electron chi connectivity index (χ4n) is 1.37. The van der Waals surface area contributed by atoms with Crippen LogP contribution < -0.4 is 10.5 Å². The summed E-state index contributed by atoms with van der Waals surface area (Å²) in [5.74, 6) is 0.0634. The van der Waals surface area contributed by atoms with Crippen molar-refractivity contribution in [3.8, 4) is 5.75 Å². The van der Waals surface area contributed by atoms with E-state index in [-0.39, 0.29) is 5.41 Å². The van der Waals surface area contributed by atoms with Gasteiger partial charge >= 0.3 is 0 Å². The standard InChI is InChI=1S/C12H17NO2/c1-12(2,3)8-5-6-10(15-4)9(7-8)11(13)14/h5-7H,1-4H3,(H2,13,14). The molecule has 3 nitrogen and oxygen atoms in total. The predicted octanol–water partition coefficient (Wildman–Crippen LogP) is 2.09. The van der Waals surface area contributed by atoms with E-state index in [0.717, 1.165) is 5.56 Å². The molecule has 0 spiro atoms. The Morgan fingerprint density at radius 2 is 1.93 bits per heavy atom. The number of benzene rings is 1. The van der Waals surface area contributed by atoms with Gasteiger partial charge in [0.2, 0.25) is 0 Å². The first-order valence-corrected chi connectivity index (χ1v) is 4.84. The summed E-state index contributed by atoms with van der Waals surface area (Å²) in [7, 11) is 1.53. The minimum absolute atomic E-state index is 0.00350. The van der Waals surface area contributed by atoms with E-state index in [9.17, 15) is 4.79 Å². The highest BCUT2D eigenvalue weighted by Gasteiger charge is 2.17. The molecule has 0 aromatic heterocycles. The summed E-state index contributed by atoms with van der Waals surface area (Å²) in [6, 6.07) is 5.52. The predicted molar refractivity (Wildman–Crippen MR) is 60.2 cm³/mol. The van der Waals surface area contributed by atoms with E-state index in [1.165, 1.54) is 7.11 Å². The van der Waals surface area contributed by atoms with Gasteiger partial charge in [-0.25, -0.2) is 0 Å². The Hall–Kier alpha value is -1.51. The fraction of sp³-hybridized carbons (Fsp3) is 0.417. The molecular formula is C12H17NO2. The van der Waals surface area contributed by atoms with Crippen molar-refractivity contribution >= 4 is 5.91 Å². The van der Waals surface area contributed by atoms with Gasteiger partial charge in [-0.2, -0.15) is 0 Å². The summed E-state index contributed by atoms with van der Waals surface area (Å²) < 4.78 is 5.07. The van der Waals surface area contributed by atoms with E-state index in [1.54, 1.807) is 12.1 Å². The van der Waals surface area contributed by atoms with Crippen LogP contribution in [-0.4, -0.2) is 13.0 Å². The second-order valence-corrected chi connectivity index (χ2v) is 4.53. The zero-order chi connectivity index (χ0) is 11.6. The summed E-state index contributed by atoms with van der Waals surface area (Å²) in [6.07, 6.45) is 0. The summed E-state index contributed by atoms with van der Waals surface area (Å²) in [4.78, 5) is 11.2. The van der Waals surface area contributed by atoms with Crippen LogP contribution in [-0.2, 0) is 5.41 Å². The van der Waals surface area contributed by atoms with Crippen LogP contribution in [0.4, 0.5) is 0 Å². The molecule has 0 aliphatic rings. The largest absolute Gasteiger partial charge is 0.496 e. The number of hydrogen-bond acceptors (Lipinski definition) is 2. The van der Waals surface area contributed by atoms with Gasteiger partial charge in [-0.1, -0.05) is 26.8 Å². The first-order chi connectivity index (χ1) is 6.86. The summed E-state index contributed by atoms with van der Waals surface area (Å²) in [5, 5.41) is 0. The topological polar surface area (TPSA) is 52.3 Å². The minimum atomic E-state index is -0.460. The molecule has 15 heavy (non-hydrogen) atoms. The number of hydrogen-bond donors (Lipinski definition) is 1. The lowest BCUT2D eigenvalue weighted by atomic mass is 9.86. The highest BCUT2D eigenvalue weighted by molar-refractivity contribution is 5.95. The molecule has 3 heteroatoms. The summed E-state index contributed by atoms with van der Waals surface area (Å²) >= 11 is 0. The number of nitrogens with two attached hydrogens (primary N) is 1. The van der Waals surface area contributed by atoms with Crippen LogP contribution in [0, 0.1) is 0 Å². The number of carbonyl (C=O) groups excluding carboxylic acids is 1. The zero-order valence-corrected chi connectivity index (χ0v) is 9.63. The van der Waals surface area contributed by atoms with Crippen LogP contribution in [0.1, 0.15) is 36.7 Å². The van der Waals surface area contributed by atoms with Crippen molar-refractivity contribution < 1.29 is 9.53 Å². The van der Waals surface area contributed by atoms with Gasteiger partial charge in [-0.3, -0.25) is 4.79 Å².